The minimum Gasteiger partial charge on any atom is -0.505 e. The predicted octanol–water partition coefficient (Wildman–Crippen LogP) is 3.13. The molecule has 0 radical (unpaired) electrons. The summed E-state index contributed by atoms with van der Waals surface area (Å²) >= 11 is 0. The molecule has 1 heterocycles. The molecule has 1 aromatic rings. The van der Waals surface area contributed by atoms with Gasteiger partial charge in [0.25, 0.3) is 5.91 Å². The summed E-state index contributed by atoms with van der Waals surface area (Å²) in [4.78, 5) is 22.9. The first kappa shape index (κ1) is 18.7. The number of hydrogen-bond acceptors (Lipinski definition) is 3. The van der Waals surface area contributed by atoms with Gasteiger partial charge in [0.1, 0.15) is 6.29 Å². The number of benzene rings is 1. The number of amides is 1. The molecule has 4 nitrogen and oxygen atoms in total. The summed E-state index contributed by atoms with van der Waals surface area (Å²) in [5, 5.41) is 9.04. The number of phenols is 1. The van der Waals surface area contributed by atoms with Crippen LogP contribution in [-0.2, 0) is 11.3 Å². The molecule has 1 aromatic carbocycles. The van der Waals surface area contributed by atoms with E-state index >= 15 is 0 Å². The zero-order chi connectivity index (χ0) is 17.4. The van der Waals surface area contributed by atoms with Gasteiger partial charge in [-0.2, -0.15) is 0 Å². The number of nitrogens with zero attached hydrogens (tertiary/aromatic N) is 1. The van der Waals surface area contributed by atoms with E-state index in [0.717, 1.165) is 19.1 Å². The number of fused-ring (bicyclic) bond motifs is 1. The van der Waals surface area contributed by atoms with E-state index in [2.05, 4.69) is 12.8 Å². The van der Waals surface area contributed by atoms with Crippen LogP contribution in [0.2, 0.25) is 0 Å². The molecule has 0 atom stereocenters. The Labute approximate surface area is 136 Å². The van der Waals surface area contributed by atoms with Crippen molar-refractivity contribution in [2.24, 2.45) is 5.92 Å². The fourth-order valence-electron chi connectivity index (χ4n) is 2.76. The topological polar surface area (TPSA) is 57.6 Å². The minimum absolute atomic E-state index is 0.00231. The fourth-order valence-corrected chi connectivity index (χ4v) is 2.76. The summed E-state index contributed by atoms with van der Waals surface area (Å²) in [6, 6.07) is 2.83. The average Bonchev–Trinajstić information content (AvgIpc) is 2.89. The Hall–Kier alpha value is -2.35. The van der Waals surface area contributed by atoms with Crippen LogP contribution in [-0.4, -0.2) is 29.2 Å². The van der Waals surface area contributed by atoms with Crippen molar-refractivity contribution in [1.29, 1.82) is 0 Å². The van der Waals surface area contributed by atoms with Gasteiger partial charge < -0.3 is 14.8 Å². The summed E-state index contributed by atoms with van der Waals surface area (Å²) < 4.78 is 13.2. The van der Waals surface area contributed by atoms with Crippen LogP contribution in [0.5, 0.6) is 5.75 Å². The van der Waals surface area contributed by atoms with Gasteiger partial charge in [0.2, 0.25) is 0 Å². The van der Waals surface area contributed by atoms with Crippen molar-refractivity contribution in [2.75, 3.05) is 7.05 Å². The molecule has 124 valence electrons. The Kier molecular flexibility index (Phi) is 7.27. The molecule has 1 N–H and O–H groups in total. The lowest BCUT2D eigenvalue weighted by atomic mass is 9.91. The van der Waals surface area contributed by atoms with Crippen molar-refractivity contribution >= 4 is 12.2 Å². The van der Waals surface area contributed by atoms with Gasteiger partial charge in [-0.25, -0.2) is 4.39 Å². The van der Waals surface area contributed by atoms with E-state index in [9.17, 15) is 14.0 Å². The molecule has 1 amide bonds. The molecule has 1 aliphatic carbocycles. The number of rotatable bonds is 1. The molecular formula is C18H22FNO3. The van der Waals surface area contributed by atoms with E-state index in [1.165, 1.54) is 30.2 Å². The van der Waals surface area contributed by atoms with Crippen LogP contribution < -0.4 is 0 Å². The summed E-state index contributed by atoms with van der Waals surface area (Å²) in [6.07, 6.45) is 15.3. The van der Waals surface area contributed by atoms with Crippen molar-refractivity contribution < 1.29 is 19.1 Å². The number of phenolic OH excluding ortho intramolecular Hbond substituents is 1. The molecule has 2 aliphatic rings. The molecule has 0 saturated heterocycles. The van der Waals surface area contributed by atoms with Crippen molar-refractivity contribution in [3.63, 3.8) is 0 Å². The van der Waals surface area contributed by atoms with Gasteiger partial charge in [-0.3, -0.25) is 4.79 Å². The van der Waals surface area contributed by atoms with Crippen LogP contribution in [0.3, 0.4) is 0 Å². The Morgan fingerprint density at radius 1 is 1.26 bits per heavy atom. The quantitative estimate of drug-likeness (QED) is 0.639. The number of carbonyl (C=O) groups excluding carboxylic acids is 2. The van der Waals surface area contributed by atoms with E-state index in [4.69, 9.17) is 5.11 Å². The van der Waals surface area contributed by atoms with Crippen LogP contribution in [0.1, 0.15) is 48.0 Å². The zero-order valence-electron chi connectivity index (χ0n) is 13.3. The lowest BCUT2D eigenvalue weighted by Crippen LogP contribution is -2.18. The smallest absolute Gasteiger partial charge is 0.257 e. The van der Waals surface area contributed by atoms with Gasteiger partial charge in [-0.1, -0.05) is 25.3 Å². The second kappa shape index (κ2) is 8.94. The summed E-state index contributed by atoms with van der Waals surface area (Å²) in [5.74, 6) is -1.25. The lowest BCUT2D eigenvalue weighted by Gasteiger charge is -2.14. The van der Waals surface area contributed by atoms with E-state index in [0.29, 0.717) is 18.0 Å². The third-order valence-electron chi connectivity index (χ3n) is 4.02. The van der Waals surface area contributed by atoms with Crippen LogP contribution in [0.4, 0.5) is 4.39 Å². The molecule has 1 saturated carbocycles. The number of carbonyl (C=O) groups is 2. The first-order valence-electron chi connectivity index (χ1n) is 7.59. The lowest BCUT2D eigenvalue weighted by molar-refractivity contribution is -0.111. The third kappa shape index (κ3) is 4.56. The molecule has 1 aliphatic heterocycles. The second-order valence-corrected chi connectivity index (χ2v) is 5.63. The summed E-state index contributed by atoms with van der Waals surface area (Å²) in [7, 11) is 1.60. The molecular weight excluding hydrogens is 297 g/mol. The predicted molar refractivity (Wildman–Crippen MR) is 86.4 cm³/mol. The monoisotopic (exact) mass is 319 g/mol. The molecule has 0 aromatic heterocycles. The van der Waals surface area contributed by atoms with Gasteiger partial charge >= 0.3 is 0 Å². The maximum atomic E-state index is 13.2. The Bertz CT molecular complexity index is 577. The number of halogens is 1. The van der Waals surface area contributed by atoms with Gasteiger partial charge in [-0.05, 0) is 24.5 Å². The van der Waals surface area contributed by atoms with E-state index in [1.54, 1.807) is 13.1 Å². The Morgan fingerprint density at radius 2 is 1.87 bits per heavy atom. The molecule has 0 unspecified atom stereocenters. The number of aromatic hydroxyl groups is 1. The molecule has 1 fully saturated rings. The van der Waals surface area contributed by atoms with Gasteiger partial charge in [0, 0.05) is 19.5 Å². The van der Waals surface area contributed by atoms with Crippen molar-refractivity contribution in [1.82, 2.24) is 4.90 Å². The number of aldehydes is 1. The standard InChI is InChI=1S/C9H8FNO2.C7H12O.C2H2/c1-11-4-5-2-3-6(12)8(10)7(5)9(11)13;8-6-7-4-2-1-3-5-7;1-2/h2-3,12H,4H2,1H3;6-7H,1-5H2;1-2H. The van der Waals surface area contributed by atoms with Crippen LogP contribution in [0, 0.1) is 24.6 Å². The highest BCUT2D eigenvalue weighted by atomic mass is 19.1. The SMILES string of the molecule is C#C.CN1Cc2ccc(O)c(F)c2C1=O.O=CC1CCCCC1. The molecule has 0 bridgehead atoms. The molecule has 23 heavy (non-hydrogen) atoms. The highest BCUT2D eigenvalue weighted by Crippen LogP contribution is 2.29. The largest absolute Gasteiger partial charge is 0.505 e. The van der Waals surface area contributed by atoms with Crippen molar-refractivity contribution in [3.05, 3.63) is 29.1 Å². The van der Waals surface area contributed by atoms with Gasteiger partial charge in [0.05, 0.1) is 5.56 Å². The normalized spacial score (nSPS) is 16.5. The highest BCUT2D eigenvalue weighted by molar-refractivity contribution is 5.98. The van der Waals surface area contributed by atoms with Crippen LogP contribution in [0.25, 0.3) is 0 Å². The van der Waals surface area contributed by atoms with Crippen molar-refractivity contribution in [3.8, 4) is 18.6 Å². The number of hydrogen-bond donors (Lipinski definition) is 1. The Morgan fingerprint density at radius 3 is 2.39 bits per heavy atom. The minimum atomic E-state index is -0.813. The van der Waals surface area contributed by atoms with Crippen LogP contribution in [0.15, 0.2) is 12.1 Å². The molecule has 5 heteroatoms. The van der Waals surface area contributed by atoms with E-state index in [1.807, 2.05) is 0 Å². The second-order valence-electron chi connectivity index (χ2n) is 5.63. The third-order valence-corrected chi connectivity index (χ3v) is 4.02. The molecule has 3 rings (SSSR count). The maximum absolute atomic E-state index is 13.2. The van der Waals surface area contributed by atoms with Crippen molar-refractivity contribution in [2.45, 2.75) is 38.6 Å². The fraction of sp³-hybridized carbons (Fsp3) is 0.444. The van der Waals surface area contributed by atoms with E-state index < -0.39 is 11.6 Å². The van der Waals surface area contributed by atoms with Gasteiger partial charge in [-0.15, -0.1) is 12.8 Å². The molecule has 0 spiro atoms. The van der Waals surface area contributed by atoms with Gasteiger partial charge in [0.15, 0.2) is 11.6 Å². The number of terminal acetylenes is 1. The summed E-state index contributed by atoms with van der Waals surface area (Å²) in [5.41, 5.74) is 0.630. The average molecular weight is 319 g/mol. The first-order valence-corrected chi connectivity index (χ1v) is 7.59. The Balaban J connectivity index is 0.000000228. The van der Waals surface area contributed by atoms with E-state index in [-0.39, 0.29) is 11.5 Å². The van der Waals surface area contributed by atoms with Crippen LogP contribution >= 0.6 is 0 Å². The summed E-state index contributed by atoms with van der Waals surface area (Å²) in [6.45, 7) is 0.408. The highest BCUT2D eigenvalue weighted by Gasteiger charge is 2.29. The maximum Gasteiger partial charge on any atom is 0.257 e. The zero-order valence-corrected chi connectivity index (χ0v) is 13.3. The first-order chi connectivity index (χ1) is 11.0.